The fourth-order valence-electron chi connectivity index (χ4n) is 1.64. The first-order chi connectivity index (χ1) is 7.33. The molecule has 0 unspecified atom stereocenters. The Balaban J connectivity index is 2.11. The highest BCUT2D eigenvalue weighted by Gasteiger charge is 2.17. The largest absolute Gasteiger partial charge is 0.450 e. The molecule has 15 heavy (non-hydrogen) atoms. The minimum Gasteiger partial charge on any atom is -0.450 e. The highest BCUT2D eigenvalue weighted by atomic mass is 16.6. The Kier molecular flexibility index (Phi) is 1.71. The Bertz CT molecular complexity index is 523. The van der Waals surface area contributed by atoms with Crippen molar-refractivity contribution in [1.82, 2.24) is 0 Å². The quantitative estimate of drug-likeness (QED) is 0.510. The van der Waals surface area contributed by atoms with Gasteiger partial charge in [0.25, 0.3) is 0 Å². The molecule has 0 atom stereocenters. The lowest BCUT2D eigenvalue weighted by Crippen LogP contribution is -2.05. The molecule has 0 saturated carbocycles. The number of ether oxygens (including phenoxy) is 2. The molecule has 0 saturated heterocycles. The van der Waals surface area contributed by atoms with Crippen LogP contribution in [-0.2, 0) is 0 Å². The third-order valence-electron chi connectivity index (χ3n) is 2.39. The van der Waals surface area contributed by atoms with Gasteiger partial charge in [0.2, 0.25) is 0 Å². The van der Waals surface area contributed by atoms with E-state index in [1.54, 1.807) is 0 Å². The minimum atomic E-state index is 0.772. The van der Waals surface area contributed by atoms with E-state index < -0.39 is 0 Å². The fraction of sp³-hybridized carbons (Fsp3) is 0. The van der Waals surface area contributed by atoms with Crippen LogP contribution >= 0.6 is 0 Å². The maximum absolute atomic E-state index is 5.73. The Labute approximate surface area is 88.9 Å². The van der Waals surface area contributed by atoms with Crippen LogP contribution in [0.25, 0.3) is 0 Å². The monoisotopic (exact) mass is 196 g/mol. The summed E-state index contributed by atoms with van der Waals surface area (Å²) in [5, 5.41) is 0. The molecular weight excluding hydrogens is 187 g/mol. The van der Waals surface area contributed by atoms with Gasteiger partial charge >= 0.3 is 0 Å². The van der Waals surface area contributed by atoms with Crippen LogP contribution < -0.4 is 14.9 Å². The van der Waals surface area contributed by atoms with Gasteiger partial charge in [0.05, 0.1) is 0 Å². The number of hydrogen-bond acceptors (Lipinski definition) is 2. The molecule has 1 heterocycles. The minimum absolute atomic E-state index is 0.772. The van der Waals surface area contributed by atoms with Gasteiger partial charge in [-0.05, 0) is 24.3 Å². The zero-order valence-corrected chi connectivity index (χ0v) is 8.36. The van der Waals surface area contributed by atoms with Gasteiger partial charge in [-0.15, -0.1) is 0 Å². The van der Waals surface area contributed by atoms with Crippen molar-refractivity contribution in [1.29, 1.82) is 0 Å². The molecule has 0 aliphatic carbocycles. The van der Waals surface area contributed by atoms with Crippen LogP contribution in [0.15, 0.2) is 42.5 Å². The molecule has 0 N–H and O–H groups in total. The third-order valence-corrected chi connectivity index (χ3v) is 2.39. The molecule has 0 amide bonds. The highest BCUT2D eigenvalue weighted by molar-refractivity contribution is 6.32. The molecule has 3 heteroatoms. The molecule has 0 bridgehead atoms. The zero-order valence-electron chi connectivity index (χ0n) is 8.36. The van der Waals surface area contributed by atoms with E-state index in [-0.39, 0.29) is 0 Å². The topological polar surface area (TPSA) is 18.5 Å². The van der Waals surface area contributed by atoms with Crippen LogP contribution in [0.2, 0.25) is 0 Å². The summed E-state index contributed by atoms with van der Waals surface area (Å²) in [7, 11) is 2.03. The molecule has 1 aliphatic rings. The van der Waals surface area contributed by atoms with Gasteiger partial charge in [0.1, 0.15) is 7.85 Å². The fourth-order valence-corrected chi connectivity index (χ4v) is 1.64. The molecule has 0 radical (unpaired) electrons. The third kappa shape index (κ3) is 1.36. The van der Waals surface area contributed by atoms with Gasteiger partial charge in [-0.25, -0.2) is 0 Å². The normalized spacial score (nSPS) is 12.0. The predicted molar refractivity (Wildman–Crippen MR) is 61.2 cm³/mol. The van der Waals surface area contributed by atoms with Crippen LogP contribution in [-0.4, -0.2) is 7.85 Å². The van der Waals surface area contributed by atoms with Crippen LogP contribution in [0.3, 0.4) is 0 Å². The second-order valence-electron chi connectivity index (χ2n) is 3.60. The predicted octanol–water partition coefficient (Wildman–Crippen LogP) is 1.84. The highest BCUT2D eigenvalue weighted by Crippen LogP contribution is 2.43. The second-order valence-corrected chi connectivity index (χ2v) is 3.60. The molecule has 3 rings (SSSR count). The number of benzene rings is 2. The van der Waals surface area contributed by atoms with Gasteiger partial charge in [0.15, 0.2) is 23.0 Å². The first kappa shape index (κ1) is 8.42. The first-order valence-corrected chi connectivity index (χ1v) is 4.88. The van der Waals surface area contributed by atoms with Gasteiger partial charge in [-0.3, -0.25) is 0 Å². The van der Waals surface area contributed by atoms with Crippen LogP contribution in [0, 0.1) is 0 Å². The lowest BCUT2D eigenvalue weighted by atomic mass is 9.96. The second kappa shape index (κ2) is 3.06. The van der Waals surface area contributed by atoms with E-state index in [2.05, 4.69) is 0 Å². The molecule has 0 aromatic heterocycles. The average molecular weight is 196 g/mol. The summed E-state index contributed by atoms with van der Waals surface area (Å²) >= 11 is 0. The van der Waals surface area contributed by atoms with E-state index in [1.807, 2.05) is 50.3 Å². The zero-order chi connectivity index (χ0) is 10.3. The van der Waals surface area contributed by atoms with Gasteiger partial charge < -0.3 is 9.47 Å². The van der Waals surface area contributed by atoms with E-state index in [4.69, 9.17) is 9.47 Å². The summed E-state index contributed by atoms with van der Waals surface area (Å²) in [5.41, 5.74) is 1.16. The van der Waals surface area contributed by atoms with Crippen LogP contribution in [0.1, 0.15) is 0 Å². The SMILES string of the molecule is Bc1ccc2c(c1)Oc1ccccc1O2. The van der Waals surface area contributed by atoms with Crippen LogP contribution in [0.4, 0.5) is 0 Å². The van der Waals surface area contributed by atoms with Crippen molar-refractivity contribution in [3.63, 3.8) is 0 Å². The summed E-state index contributed by atoms with van der Waals surface area (Å²) in [6, 6.07) is 13.6. The molecule has 2 aromatic carbocycles. The Hall–Kier alpha value is -1.90. The lowest BCUT2D eigenvalue weighted by Gasteiger charge is -2.20. The van der Waals surface area contributed by atoms with Crippen molar-refractivity contribution in [2.45, 2.75) is 0 Å². The standard InChI is InChI=1S/C12H9BO2/c13-8-5-6-11-12(7-8)15-10-4-2-1-3-9(10)14-11/h1-7H,13H2. The van der Waals surface area contributed by atoms with Crippen molar-refractivity contribution in [2.75, 3.05) is 0 Å². The maximum atomic E-state index is 5.73. The van der Waals surface area contributed by atoms with E-state index in [9.17, 15) is 0 Å². The van der Waals surface area contributed by atoms with E-state index >= 15 is 0 Å². The smallest absolute Gasteiger partial charge is 0.170 e. The Morgan fingerprint density at radius 2 is 1.33 bits per heavy atom. The van der Waals surface area contributed by atoms with E-state index in [1.165, 1.54) is 0 Å². The van der Waals surface area contributed by atoms with E-state index in [0.717, 1.165) is 28.5 Å². The number of rotatable bonds is 0. The molecule has 0 fully saturated rings. The van der Waals surface area contributed by atoms with Crippen molar-refractivity contribution >= 4 is 13.3 Å². The number of hydrogen-bond donors (Lipinski definition) is 0. The summed E-state index contributed by atoms with van der Waals surface area (Å²) in [4.78, 5) is 0. The summed E-state index contributed by atoms with van der Waals surface area (Å²) in [6.07, 6.45) is 0. The van der Waals surface area contributed by atoms with Gasteiger partial charge in [0, 0.05) is 0 Å². The Morgan fingerprint density at radius 1 is 0.733 bits per heavy atom. The Morgan fingerprint density at radius 3 is 2.07 bits per heavy atom. The van der Waals surface area contributed by atoms with Crippen molar-refractivity contribution in [2.24, 2.45) is 0 Å². The molecule has 72 valence electrons. The number of para-hydroxylation sites is 2. The van der Waals surface area contributed by atoms with Gasteiger partial charge in [-0.2, -0.15) is 0 Å². The average Bonchev–Trinajstić information content (AvgIpc) is 2.26. The maximum Gasteiger partial charge on any atom is 0.170 e. The van der Waals surface area contributed by atoms with Crippen molar-refractivity contribution in [3.05, 3.63) is 42.5 Å². The summed E-state index contributed by atoms with van der Waals surface area (Å²) in [5.74, 6) is 3.11. The molecule has 2 aromatic rings. The molecular formula is C12H9BO2. The summed E-state index contributed by atoms with van der Waals surface area (Å²) < 4.78 is 11.4. The molecule has 1 aliphatic heterocycles. The first-order valence-electron chi connectivity index (χ1n) is 4.88. The molecule has 0 spiro atoms. The lowest BCUT2D eigenvalue weighted by molar-refractivity contribution is 0.360. The van der Waals surface area contributed by atoms with Crippen LogP contribution in [0.5, 0.6) is 23.0 Å². The number of fused-ring (bicyclic) bond motifs is 2. The van der Waals surface area contributed by atoms with E-state index in [0.29, 0.717) is 0 Å². The van der Waals surface area contributed by atoms with Gasteiger partial charge in [-0.1, -0.05) is 23.7 Å². The van der Waals surface area contributed by atoms with Crippen molar-refractivity contribution < 1.29 is 9.47 Å². The van der Waals surface area contributed by atoms with Crippen molar-refractivity contribution in [3.8, 4) is 23.0 Å². The molecule has 2 nitrogen and oxygen atoms in total. The summed E-state index contributed by atoms with van der Waals surface area (Å²) in [6.45, 7) is 0.